The maximum absolute atomic E-state index is 4.62. The molecule has 2 heterocycles. The fraction of sp³-hybridized carbons (Fsp3) is 0.478. The largest absolute Gasteiger partial charge is 0.372 e. The molecule has 156 valence electrons. The summed E-state index contributed by atoms with van der Waals surface area (Å²) in [6.07, 6.45) is 5.56. The number of anilines is 2. The van der Waals surface area contributed by atoms with Gasteiger partial charge in [-0.2, -0.15) is 0 Å². The van der Waals surface area contributed by atoms with Gasteiger partial charge in [0.25, 0.3) is 0 Å². The number of pyridine rings is 1. The van der Waals surface area contributed by atoms with Crippen molar-refractivity contribution in [3.63, 3.8) is 0 Å². The molecular weight excluding hydrogens is 360 g/mol. The van der Waals surface area contributed by atoms with E-state index in [-0.39, 0.29) is 0 Å². The van der Waals surface area contributed by atoms with Gasteiger partial charge in [0.2, 0.25) is 0 Å². The van der Waals surface area contributed by atoms with Gasteiger partial charge in [-0.15, -0.1) is 0 Å². The molecule has 2 N–H and O–H groups in total. The minimum absolute atomic E-state index is 0.720. The van der Waals surface area contributed by atoms with Crippen molar-refractivity contribution in [2.75, 3.05) is 49.6 Å². The number of guanidine groups is 1. The molecule has 1 aliphatic heterocycles. The minimum atomic E-state index is 0.720. The summed E-state index contributed by atoms with van der Waals surface area (Å²) in [7, 11) is 1.81. The summed E-state index contributed by atoms with van der Waals surface area (Å²) in [6, 6.07) is 14.9. The van der Waals surface area contributed by atoms with Gasteiger partial charge in [0.15, 0.2) is 5.96 Å². The average molecular weight is 395 g/mol. The van der Waals surface area contributed by atoms with Gasteiger partial charge in [-0.1, -0.05) is 24.3 Å². The molecule has 3 rings (SSSR count). The van der Waals surface area contributed by atoms with Crippen LogP contribution < -0.4 is 20.4 Å². The molecule has 6 heteroatoms. The topological polar surface area (TPSA) is 55.8 Å². The standard InChI is InChI=1S/C23H34N6/c1-3-28(21-10-5-4-6-11-21)17-9-14-25-23(24-2)27-19-20-12-13-22(26-18-20)29-15-7-8-16-29/h4-6,10-13,18H,3,7-9,14-17,19H2,1-2H3,(H2,24,25,27). The van der Waals surface area contributed by atoms with E-state index < -0.39 is 0 Å². The number of nitrogens with one attached hydrogen (secondary N) is 2. The molecule has 0 amide bonds. The highest BCUT2D eigenvalue weighted by Crippen LogP contribution is 2.17. The molecule has 1 aromatic carbocycles. The average Bonchev–Trinajstić information content (AvgIpc) is 3.32. The van der Waals surface area contributed by atoms with Crippen molar-refractivity contribution in [3.05, 3.63) is 54.2 Å². The van der Waals surface area contributed by atoms with Gasteiger partial charge in [-0.3, -0.25) is 4.99 Å². The van der Waals surface area contributed by atoms with E-state index in [1.807, 2.05) is 13.2 Å². The van der Waals surface area contributed by atoms with E-state index in [0.29, 0.717) is 0 Å². The lowest BCUT2D eigenvalue weighted by molar-refractivity contribution is 0.708. The molecule has 0 bridgehead atoms. The van der Waals surface area contributed by atoms with E-state index in [2.05, 4.69) is 79.8 Å². The molecule has 29 heavy (non-hydrogen) atoms. The van der Waals surface area contributed by atoms with Gasteiger partial charge < -0.3 is 20.4 Å². The van der Waals surface area contributed by atoms with Crippen LogP contribution in [-0.4, -0.2) is 50.7 Å². The van der Waals surface area contributed by atoms with Crippen molar-refractivity contribution in [1.29, 1.82) is 0 Å². The Balaban J connectivity index is 1.38. The molecule has 2 aromatic rings. The Labute approximate surface area is 175 Å². The van der Waals surface area contributed by atoms with Gasteiger partial charge in [0, 0.05) is 58.2 Å². The van der Waals surface area contributed by atoms with Crippen LogP contribution in [0.3, 0.4) is 0 Å². The van der Waals surface area contributed by atoms with Crippen molar-refractivity contribution >= 4 is 17.5 Å². The lowest BCUT2D eigenvalue weighted by atomic mass is 10.2. The third-order valence-corrected chi connectivity index (χ3v) is 5.32. The van der Waals surface area contributed by atoms with Crippen LogP contribution >= 0.6 is 0 Å². The second-order valence-corrected chi connectivity index (χ2v) is 7.34. The van der Waals surface area contributed by atoms with Crippen molar-refractivity contribution in [2.24, 2.45) is 4.99 Å². The highest BCUT2D eigenvalue weighted by Gasteiger charge is 2.13. The van der Waals surface area contributed by atoms with Gasteiger partial charge >= 0.3 is 0 Å². The summed E-state index contributed by atoms with van der Waals surface area (Å²) in [5.41, 5.74) is 2.44. The first-order valence-corrected chi connectivity index (χ1v) is 10.7. The molecule has 0 unspecified atom stereocenters. The number of benzene rings is 1. The predicted octanol–water partition coefficient (Wildman–Crippen LogP) is 3.26. The maximum atomic E-state index is 4.62. The third-order valence-electron chi connectivity index (χ3n) is 5.32. The maximum Gasteiger partial charge on any atom is 0.191 e. The van der Waals surface area contributed by atoms with Crippen LogP contribution in [-0.2, 0) is 6.54 Å². The lowest BCUT2D eigenvalue weighted by Gasteiger charge is -2.23. The van der Waals surface area contributed by atoms with E-state index in [0.717, 1.165) is 63.0 Å². The smallest absolute Gasteiger partial charge is 0.191 e. The molecule has 0 spiro atoms. The zero-order chi connectivity index (χ0) is 20.3. The Kier molecular flexibility index (Phi) is 8.16. The molecule has 1 fully saturated rings. The zero-order valence-electron chi connectivity index (χ0n) is 17.8. The quantitative estimate of drug-likeness (QED) is 0.388. The van der Waals surface area contributed by atoms with Gasteiger partial charge in [-0.05, 0) is 49.9 Å². The Morgan fingerprint density at radius 1 is 1.10 bits per heavy atom. The highest BCUT2D eigenvalue weighted by atomic mass is 15.2. The zero-order valence-corrected chi connectivity index (χ0v) is 17.8. The number of nitrogens with zero attached hydrogens (tertiary/aromatic N) is 4. The molecular formula is C23H34N6. The number of aromatic nitrogens is 1. The number of aliphatic imine (C=N–C) groups is 1. The van der Waals surface area contributed by atoms with Crippen LogP contribution in [0.15, 0.2) is 53.7 Å². The highest BCUT2D eigenvalue weighted by molar-refractivity contribution is 5.79. The third kappa shape index (κ3) is 6.38. The molecule has 1 aliphatic rings. The van der Waals surface area contributed by atoms with Crippen LogP contribution in [0, 0.1) is 0 Å². The van der Waals surface area contributed by atoms with Crippen LogP contribution in [0.1, 0.15) is 31.7 Å². The molecule has 0 atom stereocenters. The Morgan fingerprint density at radius 2 is 1.90 bits per heavy atom. The fourth-order valence-electron chi connectivity index (χ4n) is 3.65. The minimum Gasteiger partial charge on any atom is -0.372 e. The van der Waals surface area contributed by atoms with Crippen molar-refractivity contribution in [3.8, 4) is 0 Å². The van der Waals surface area contributed by atoms with Gasteiger partial charge in [-0.25, -0.2) is 4.98 Å². The van der Waals surface area contributed by atoms with Crippen molar-refractivity contribution in [2.45, 2.75) is 32.7 Å². The monoisotopic (exact) mass is 394 g/mol. The van der Waals surface area contributed by atoms with Crippen LogP contribution in [0.5, 0.6) is 0 Å². The summed E-state index contributed by atoms with van der Waals surface area (Å²) in [5.74, 6) is 1.92. The van der Waals surface area contributed by atoms with E-state index in [4.69, 9.17) is 0 Å². The van der Waals surface area contributed by atoms with Crippen molar-refractivity contribution < 1.29 is 0 Å². The summed E-state index contributed by atoms with van der Waals surface area (Å²) in [6.45, 7) is 8.09. The number of rotatable bonds is 9. The molecule has 0 radical (unpaired) electrons. The Bertz CT molecular complexity index is 738. The van der Waals surface area contributed by atoms with E-state index >= 15 is 0 Å². The van der Waals surface area contributed by atoms with Gasteiger partial charge in [0.05, 0.1) is 0 Å². The number of para-hydroxylation sites is 1. The molecule has 0 saturated carbocycles. The van der Waals surface area contributed by atoms with E-state index in [9.17, 15) is 0 Å². The van der Waals surface area contributed by atoms with Gasteiger partial charge in [0.1, 0.15) is 5.82 Å². The molecule has 6 nitrogen and oxygen atoms in total. The number of hydrogen-bond donors (Lipinski definition) is 2. The van der Waals surface area contributed by atoms with E-state index in [1.165, 1.54) is 18.5 Å². The Morgan fingerprint density at radius 3 is 2.55 bits per heavy atom. The SMILES string of the molecule is CCN(CCCNC(=NC)NCc1ccc(N2CCCC2)nc1)c1ccccc1. The fourth-order valence-corrected chi connectivity index (χ4v) is 3.65. The molecule has 1 saturated heterocycles. The second kappa shape index (κ2) is 11.3. The van der Waals surface area contributed by atoms with Crippen LogP contribution in [0.25, 0.3) is 0 Å². The predicted molar refractivity (Wildman–Crippen MR) is 123 cm³/mol. The van der Waals surface area contributed by atoms with E-state index in [1.54, 1.807) is 0 Å². The van der Waals surface area contributed by atoms with Crippen molar-refractivity contribution in [1.82, 2.24) is 15.6 Å². The summed E-state index contributed by atoms with van der Waals surface area (Å²) in [4.78, 5) is 13.7. The number of hydrogen-bond acceptors (Lipinski definition) is 4. The summed E-state index contributed by atoms with van der Waals surface area (Å²) >= 11 is 0. The summed E-state index contributed by atoms with van der Waals surface area (Å²) < 4.78 is 0. The molecule has 0 aliphatic carbocycles. The lowest BCUT2D eigenvalue weighted by Crippen LogP contribution is -2.38. The second-order valence-electron chi connectivity index (χ2n) is 7.34. The van der Waals surface area contributed by atoms with Crippen LogP contribution in [0.2, 0.25) is 0 Å². The first kappa shape index (κ1) is 21.0. The Hall–Kier alpha value is -2.76. The summed E-state index contributed by atoms with van der Waals surface area (Å²) in [5, 5.41) is 6.79. The van der Waals surface area contributed by atoms with Crippen LogP contribution in [0.4, 0.5) is 11.5 Å². The molecule has 1 aromatic heterocycles. The first-order chi connectivity index (χ1) is 14.3. The normalized spacial score (nSPS) is 14.1. The first-order valence-electron chi connectivity index (χ1n) is 10.7.